The minimum atomic E-state index is -0.0652. The Labute approximate surface area is 443 Å². The van der Waals surface area contributed by atoms with Gasteiger partial charge in [-0.3, -0.25) is 0 Å². The third kappa shape index (κ3) is 9.28. The van der Waals surface area contributed by atoms with Gasteiger partial charge in [-0.15, -0.1) is 11.3 Å². The van der Waals surface area contributed by atoms with E-state index >= 15 is 0 Å². The highest BCUT2D eigenvalue weighted by Crippen LogP contribution is 2.49. The number of anilines is 6. The van der Waals surface area contributed by atoms with Gasteiger partial charge in [-0.1, -0.05) is 197 Å². The summed E-state index contributed by atoms with van der Waals surface area (Å²) in [5.41, 5.74) is 25.1. The van der Waals surface area contributed by atoms with Crippen molar-refractivity contribution in [2.45, 2.75) is 164 Å². The number of hydrogen-bond acceptors (Lipinski definition) is 4. The summed E-state index contributed by atoms with van der Waals surface area (Å²) in [5, 5.41) is 1.04. The summed E-state index contributed by atoms with van der Waals surface area (Å²) in [6.45, 7) is 44.3. The number of hydrogen-bond donors (Lipinski definition) is 0. The quantitative estimate of drug-likeness (QED) is 0.164. The van der Waals surface area contributed by atoms with Gasteiger partial charge in [0.2, 0.25) is 0 Å². The van der Waals surface area contributed by atoms with Gasteiger partial charge in [-0.2, -0.15) is 0 Å². The van der Waals surface area contributed by atoms with Crippen LogP contribution >= 0.6 is 11.3 Å². The van der Waals surface area contributed by atoms with E-state index in [0.717, 1.165) is 16.1 Å². The van der Waals surface area contributed by atoms with Gasteiger partial charge in [0.15, 0.2) is 0 Å². The molecule has 0 saturated heterocycles. The predicted octanol–water partition coefficient (Wildman–Crippen LogP) is 17.8. The molecular weight excluding hydrogens is 902 g/mol. The largest absolute Gasteiger partial charge is 0.311 e. The minimum Gasteiger partial charge on any atom is -0.311 e. The van der Waals surface area contributed by atoms with Crippen LogP contribution in [0.2, 0.25) is 0 Å². The van der Waals surface area contributed by atoms with Crippen molar-refractivity contribution in [3.05, 3.63) is 166 Å². The number of benzene rings is 7. The van der Waals surface area contributed by atoms with Crippen molar-refractivity contribution < 1.29 is 0 Å². The van der Waals surface area contributed by atoms with Crippen LogP contribution in [0, 0.1) is 6.92 Å². The van der Waals surface area contributed by atoms with Gasteiger partial charge in [0, 0.05) is 39.7 Å². The lowest BCUT2D eigenvalue weighted by Gasteiger charge is -2.45. The molecule has 0 spiro atoms. The van der Waals surface area contributed by atoms with Crippen molar-refractivity contribution in [3.8, 4) is 21.7 Å². The lowest BCUT2D eigenvalue weighted by molar-refractivity contribution is 0.568. The van der Waals surface area contributed by atoms with Gasteiger partial charge in [0.25, 0.3) is 6.71 Å². The van der Waals surface area contributed by atoms with E-state index in [1.54, 1.807) is 0 Å². The smallest absolute Gasteiger partial charge is 0.252 e. The third-order valence-electron chi connectivity index (χ3n) is 15.6. The van der Waals surface area contributed by atoms with Gasteiger partial charge in [0.1, 0.15) is 5.01 Å². The first kappa shape index (κ1) is 50.6. The van der Waals surface area contributed by atoms with Crippen molar-refractivity contribution in [3.63, 3.8) is 0 Å². The molecule has 0 fully saturated rings. The highest BCUT2D eigenvalue weighted by Gasteiger charge is 2.45. The molecule has 8 aromatic rings. The van der Waals surface area contributed by atoms with Crippen molar-refractivity contribution in [2.24, 2.45) is 0 Å². The third-order valence-corrected chi connectivity index (χ3v) is 16.7. The first-order chi connectivity index (χ1) is 33.8. The molecule has 0 aliphatic carbocycles. The SMILES string of the molecule is Cc1cc2c3c(c1)N(c1cc(C(C)(C)C)cc(C(C)(C)C)c1)c1cc4nc(-c5ccc(-c6ccc(C(C)(C)C)cc6)cc5)sc4cc1B3c1cc(C(C)(C)C)ccc1N2c1cc(C(C)(C)C)cc(C(C)(C)C)c1. The van der Waals surface area contributed by atoms with E-state index in [0.29, 0.717) is 0 Å². The zero-order chi connectivity index (χ0) is 52.7. The summed E-state index contributed by atoms with van der Waals surface area (Å²) >= 11 is 1.81. The summed E-state index contributed by atoms with van der Waals surface area (Å²) in [6, 6.07) is 50.1. The fraction of sp³-hybridized carbons (Fsp3) is 0.368. The number of nitrogens with zero attached hydrogens (tertiary/aromatic N) is 3. The molecule has 0 radical (unpaired) electrons. The van der Waals surface area contributed by atoms with Crippen molar-refractivity contribution >= 4 is 78.8 Å². The number of thiazole rings is 1. The van der Waals surface area contributed by atoms with Crippen LogP contribution in [-0.4, -0.2) is 11.7 Å². The number of aromatic nitrogens is 1. The number of fused-ring (bicyclic) bond motifs is 5. The molecule has 374 valence electrons. The average molecular weight is 980 g/mol. The van der Waals surface area contributed by atoms with Crippen LogP contribution in [0.5, 0.6) is 0 Å². The van der Waals surface area contributed by atoms with Gasteiger partial charge < -0.3 is 9.80 Å². The Hall–Kier alpha value is -5.91. The summed E-state index contributed by atoms with van der Waals surface area (Å²) < 4.78 is 1.20. The Morgan fingerprint density at radius 1 is 0.370 bits per heavy atom. The van der Waals surface area contributed by atoms with E-state index in [1.807, 2.05) is 11.3 Å². The second-order valence-corrected chi connectivity index (χ2v) is 28.7. The maximum atomic E-state index is 5.51. The molecule has 1 aromatic heterocycles. The van der Waals surface area contributed by atoms with Crippen LogP contribution in [0.1, 0.15) is 164 Å². The molecule has 7 aromatic carbocycles. The summed E-state index contributed by atoms with van der Waals surface area (Å²) in [7, 11) is 0. The number of rotatable bonds is 4. The maximum Gasteiger partial charge on any atom is 0.252 e. The van der Waals surface area contributed by atoms with Crippen molar-refractivity contribution in [2.75, 3.05) is 9.80 Å². The lowest BCUT2D eigenvalue weighted by atomic mass is 9.33. The molecule has 3 heterocycles. The highest BCUT2D eigenvalue weighted by atomic mass is 32.1. The Morgan fingerprint density at radius 3 is 1.22 bits per heavy atom. The second kappa shape index (κ2) is 17.1. The molecule has 73 heavy (non-hydrogen) atoms. The first-order valence-corrected chi connectivity index (χ1v) is 27.5. The van der Waals surface area contributed by atoms with E-state index in [4.69, 9.17) is 4.98 Å². The predicted molar refractivity (Wildman–Crippen MR) is 321 cm³/mol. The fourth-order valence-corrected chi connectivity index (χ4v) is 11.9. The Balaban J connectivity index is 1.25. The Bertz CT molecular complexity index is 3390. The normalized spacial score (nSPS) is 14.2. The summed E-state index contributed by atoms with van der Waals surface area (Å²) in [6.07, 6.45) is 0. The monoisotopic (exact) mass is 980 g/mol. The molecule has 2 aliphatic heterocycles. The van der Waals surface area contributed by atoms with Crippen LogP contribution in [0.25, 0.3) is 31.9 Å². The molecule has 0 N–H and O–H groups in total. The van der Waals surface area contributed by atoms with E-state index < -0.39 is 0 Å². The Kier molecular flexibility index (Phi) is 11.8. The molecule has 0 unspecified atom stereocenters. The van der Waals surface area contributed by atoms with Crippen LogP contribution in [-0.2, 0) is 32.5 Å². The standard InChI is InChI=1S/C68H78BN3S/c1-41-30-58-61-59(31-41)72(52-36-49(67(14,15)16)33-50(37-52)68(17,18)19)57-40-55-60(73-62(70-55)44-22-20-42(21-23-44)43-24-26-45(27-25-43)63(2,3)4)39-54(57)69(61)53-38-46(64(5,6)7)28-29-56(53)71(58)51-34-47(65(8,9)10)32-48(35-51)66(11,12)13/h20-40H,1-19H3. The molecule has 2 aliphatic rings. The van der Waals surface area contributed by atoms with Gasteiger partial charge >= 0.3 is 0 Å². The topological polar surface area (TPSA) is 19.4 Å². The van der Waals surface area contributed by atoms with E-state index in [1.165, 1.54) is 105 Å². The molecule has 0 saturated carbocycles. The summed E-state index contributed by atoms with van der Waals surface area (Å²) in [4.78, 5) is 10.7. The van der Waals surface area contributed by atoms with E-state index in [2.05, 4.69) is 269 Å². The van der Waals surface area contributed by atoms with Gasteiger partial charge in [-0.25, -0.2) is 4.98 Å². The van der Waals surface area contributed by atoms with E-state index in [-0.39, 0.29) is 39.2 Å². The minimum absolute atomic E-state index is 0.0231. The van der Waals surface area contributed by atoms with Crippen LogP contribution in [0.3, 0.4) is 0 Å². The van der Waals surface area contributed by atoms with Crippen LogP contribution < -0.4 is 26.2 Å². The van der Waals surface area contributed by atoms with Crippen molar-refractivity contribution in [1.29, 1.82) is 0 Å². The average Bonchev–Trinajstić information content (AvgIpc) is 3.72. The highest BCUT2D eigenvalue weighted by molar-refractivity contribution is 7.21. The van der Waals surface area contributed by atoms with Crippen molar-refractivity contribution in [1.82, 2.24) is 4.98 Å². The summed E-state index contributed by atoms with van der Waals surface area (Å²) in [5.74, 6) is 0. The lowest BCUT2D eigenvalue weighted by Crippen LogP contribution is -2.61. The zero-order valence-corrected chi connectivity index (χ0v) is 48.3. The molecular formula is C68H78BN3S. The fourth-order valence-electron chi connectivity index (χ4n) is 10.9. The van der Waals surface area contributed by atoms with Gasteiger partial charge in [-0.05, 0) is 160 Å². The number of aryl methyl sites for hydroxylation is 1. The Morgan fingerprint density at radius 2 is 0.767 bits per heavy atom. The van der Waals surface area contributed by atoms with E-state index in [9.17, 15) is 0 Å². The van der Waals surface area contributed by atoms with Crippen LogP contribution in [0.15, 0.2) is 127 Å². The van der Waals surface area contributed by atoms with Crippen LogP contribution in [0.4, 0.5) is 34.1 Å². The molecule has 5 heteroatoms. The molecule has 0 amide bonds. The molecule has 10 rings (SSSR count). The molecule has 3 nitrogen and oxygen atoms in total. The molecule has 0 atom stereocenters. The second-order valence-electron chi connectivity index (χ2n) is 27.7. The van der Waals surface area contributed by atoms with Gasteiger partial charge in [0.05, 0.1) is 10.2 Å². The first-order valence-electron chi connectivity index (χ1n) is 26.7. The molecule has 0 bridgehead atoms. The maximum absolute atomic E-state index is 5.51. The zero-order valence-electron chi connectivity index (χ0n) is 47.5.